The van der Waals surface area contributed by atoms with Crippen LogP contribution in [0.25, 0.3) is 0 Å². The van der Waals surface area contributed by atoms with Crippen LogP contribution in [0.15, 0.2) is 0 Å². The fourth-order valence-corrected chi connectivity index (χ4v) is 2.57. The summed E-state index contributed by atoms with van der Waals surface area (Å²) in [7, 11) is 0. The highest BCUT2D eigenvalue weighted by molar-refractivity contribution is 7.99. The van der Waals surface area contributed by atoms with Crippen LogP contribution in [0.4, 0.5) is 4.79 Å². The van der Waals surface area contributed by atoms with Gasteiger partial charge in [-0.05, 0) is 18.1 Å². The summed E-state index contributed by atoms with van der Waals surface area (Å²) in [5.74, 6) is 4.99. The van der Waals surface area contributed by atoms with E-state index < -0.39 is 0 Å². The van der Waals surface area contributed by atoms with E-state index in [9.17, 15) is 4.79 Å². The first-order valence-corrected chi connectivity index (χ1v) is 6.40. The van der Waals surface area contributed by atoms with Crippen molar-refractivity contribution >= 4 is 17.8 Å². The normalized spacial score (nSPS) is 22.1. The third-order valence-electron chi connectivity index (χ3n) is 2.40. The van der Waals surface area contributed by atoms with Crippen LogP contribution in [0.3, 0.4) is 0 Å². The highest BCUT2D eigenvalue weighted by Crippen LogP contribution is 2.16. The second kappa shape index (κ2) is 5.92. The first-order valence-electron chi connectivity index (χ1n) is 5.24. The van der Waals surface area contributed by atoms with Crippen molar-refractivity contribution < 1.29 is 4.79 Å². The minimum Gasteiger partial charge on any atom is -0.335 e. The molecule has 15 heavy (non-hydrogen) atoms. The fraction of sp³-hybridized carbons (Fsp3) is 0.727. The molecule has 0 unspecified atom stereocenters. The molecule has 1 aliphatic rings. The van der Waals surface area contributed by atoms with Crippen molar-refractivity contribution in [1.29, 1.82) is 0 Å². The van der Waals surface area contributed by atoms with Crippen LogP contribution in [0.2, 0.25) is 0 Å². The van der Waals surface area contributed by atoms with Gasteiger partial charge in [0.1, 0.15) is 0 Å². The smallest absolute Gasteiger partial charge is 0.316 e. The van der Waals surface area contributed by atoms with Crippen LogP contribution >= 0.6 is 11.8 Å². The SMILES string of the molecule is C#C[C@H](NC(=O)N[C@@H]1CCSC1)C(C)C. The van der Waals surface area contributed by atoms with Crippen molar-refractivity contribution in [2.75, 3.05) is 11.5 Å². The number of hydrogen-bond acceptors (Lipinski definition) is 2. The Labute approximate surface area is 95.8 Å². The van der Waals surface area contributed by atoms with Gasteiger partial charge in [0, 0.05) is 11.8 Å². The molecule has 0 aliphatic carbocycles. The van der Waals surface area contributed by atoms with Gasteiger partial charge < -0.3 is 10.6 Å². The lowest BCUT2D eigenvalue weighted by Gasteiger charge is -2.19. The highest BCUT2D eigenvalue weighted by atomic mass is 32.2. The zero-order valence-electron chi connectivity index (χ0n) is 9.25. The van der Waals surface area contributed by atoms with Crippen molar-refractivity contribution in [3.8, 4) is 12.3 Å². The molecule has 84 valence electrons. The van der Waals surface area contributed by atoms with Crippen LogP contribution in [-0.4, -0.2) is 29.6 Å². The number of thioether (sulfide) groups is 1. The summed E-state index contributed by atoms with van der Waals surface area (Å²) in [6.07, 6.45) is 6.39. The Morgan fingerprint density at radius 3 is 2.80 bits per heavy atom. The molecule has 1 aliphatic heterocycles. The van der Waals surface area contributed by atoms with E-state index in [0.29, 0.717) is 6.04 Å². The molecule has 0 radical (unpaired) electrons. The van der Waals surface area contributed by atoms with Gasteiger partial charge in [-0.1, -0.05) is 19.8 Å². The molecule has 0 spiro atoms. The Morgan fingerprint density at radius 1 is 1.60 bits per heavy atom. The van der Waals surface area contributed by atoms with E-state index in [-0.39, 0.29) is 18.0 Å². The zero-order valence-corrected chi connectivity index (χ0v) is 10.1. The Morgan fingerprint density at radius 2 is 2.33 bits per heavy atom. The van der Waals surface area contributed by atoms with E-state index in [1.165, 1.54) is 0 Å². The summed E-state index contributed by atoms with van der Waals surface area (Å²) in [4.78, 5) is 11.5. The lowest BCUT2D eigenvalue weighted by Crippen LogP contribution is -2.47. The first-order chi connectivity index (χ1) is 7.13. The fourth-order valence-electron chi connectivity index (χ4n) is 1.42. The van der Waals surface area contributed by atoms with Crippen molar-refractivity contribution in [2.45, 2.75) is 32.4 Å². The molecular formula is C11H18N2OS. The second-order valence-corrected chi connectivity index (χ2v) is 5.22. The van der Waals surface area contributed by atoms with E-state index in [1.54, 1.807) is 0 Å². The van der Waals surface area contributed by atoms with E-state index in [2.05, 4.69) is 16.6 Å². The number of rotatable bonds is 3. The lowest BCUT2D eigenvalue weighted by molar-refractivity contribution is 0.234. The summed E-state index contributed by atoms with van der Waals surface area (Å²) >= 11 is 1.87. The lowest BCUT2D eigenvalue weighted by atomic mass is 10.1. The molecular weight excluding hydrogens is 208 g/mol. The number of carbonyl (C=O) groups excluding carboxylic acids is 1. The molecule has 1 rings (SSSR count). The molecule has 0 bridgehead atoms. The summed E-state index contributed by atoms with van der Waals surface area (Å²) in [5.41, 5.74) is 0. The van der Waals surface area contributed by atoms with Crippen LogP contribution in [0.1, 0.15) is 20.3 Å². The Balaban J connectivity index is 2.31. The molecule has 3 nitrogen and oxygen atoms in total. The van der Waals surface area contributed by atoms with Gasteiger partial charge in [0.2, 0.25) is 0 Å². The predicted molar refractivity (Wildman–Crippen MR) is 64.9 cm³/mol. The van der Waals surface area contributed by atoms with Gasteiger partial charge in [-0.25, -0.2) is 4.79 Å². The maximum atomic E-state index is 11.5. The standard InChI is InChI=1S/C11H18N2OS/c1-4-10(8(2)3)13-11(14)12-9-5-6-15-7-9/h1,8-10H,5-7H2,2-3H3,(H2,12,13,14)/t9-,10+/m1/s1. The maximum Gasteiger partial charge on any atom is 0.316 e. The quantitative estimate of drug-likeness (QED) is 0.715. The van der Waals surface area contributed by atoms with Crippen molar-refractivity contribution in [3.63, 3.8) is 0 Å². The van der Waals surface area contributed by atoms with Gasteiger partial charge in [0.05, 0.1) is 6.04 Å². The number of amides is 2. The number of nitrogens with one attached hydrogen (secondary N) is 2. The Kier molecular flexibility index (Phi) is 4.83. The minimum absolute atomic E-state index is 0.140. The predicted octanol–water partition coefficient (Wildman–Crippen LogP) is 1.45. The van der Waals surface area contributed by atoms with Crippen LogP contribution < -0.4 is 10.6 Å². The highest BCUT2D eigenvalue weighted by Gasteiger charge is 2.19. The van der Waals surface area contributed by atoms with Gasteiger partial charge in [-0.3, -0.25) is 0 Å². The zero-order chi connectivity index (χ0) is 11.3. The molecule has 4 heteroatoms. The molecule has 2 atom stereocenters. The third kappa shape index (κ3) is 4.05. The van der Waals surface area contributed by atoms with Gasteiger partial charge in [-0.15, -0.1) is 6.42 Å². The number of hydrogen-bond donors (Lipinski definition) is 2. The summed E-state index contributed by atoms with van der Waals surface area (Å²) < 4.78 is 0. The molecule has 0 saturated carbocycles. The molecule has 0 aromatic heterocycles. The van der Waals surface area contributed by atoms with Gasteiger partial charge in [-0.2, -0.15) is 11.8 Å². The first kappa shape index (κ1) is 12.3. The van der Waals surface area contributed by atoms with Gasteiger partial charge >= 0.3 is 6.03 Å². The van der Waals surface area contributed by atoms with Crippen LogP contribution in [0.5, 0.6) is 0 Å². The van der Waals surface area contributed by atoms with E-state index in [0.717, 1.165) is 17.9 Å². The summed E-state index contributed by atoms with van der Waals surface area (Å²) in [6.45, 7) is 3.99. The molecule has 1 heterocycles. The number of terminal acetylenes is 1. The molecule has 1 saturated heterocycles. The number of urea groups is 1. The van der Waals surface area contributed by atoms with Gasteiger partial charge in [0.15, 0.2) is 0 Å². The largest absolute Gasteiger partial charge is 0.335 e. The summed E-state index contributed by atoms with van der Waals surface area (Å²) in [5, 5.41) is 5.73. The molecule has 2 N–H and O–H groups in total. The second-order valence-electron chi connectivity index (χ2n) is 4.07. The molecule has 0 aromatic rings. The van der Waals surface area contributed by atoms with Crippen molar-refractivity contribution in [3.05, 3.63) is 0 Å². The molecule has 0 aromatic carbocycles. The summed E-state index contributed by atoms with van der Waals surface area (Å²) in [6, 6.07) is -0.0150. The number of carbonyl (C=O) groups is 1. The van der Waals surface area contributed by atoms with Crippen LogP contribution in [-0.2, 0) is 0 Å². The van der Waals surface area contributed by atoms with E-state index in [1.807, 2.05) is 25.6 Å². The maximum absolute atomic E-state index is 11.5. The van der Waals surface area contributed by atoms with Crippen molar-refractivity contribution in [1.82, 2.24) is 10.6 Å². The van der Waals surface area contributed by atoms with E-state index >= 15 is 0 Å². The van der Waals surface area contributed by atoms with E-state index in [4.69, 9.17) is 6.42 Å². The monoisotopic (exact) mass is 226 g/mol. The topological polar surface area (TPSA) is 41.1 Å². The average molecular weight is 226 g/mol. The Bertz CT molecular complexity index is 254. The van der Waals surface area contributed by atoms with Crippen LogP contribution in [0, 0.1) is 18.3 Å². The third-order valence-corrected chi connectivity index (χ3v) is 3.56. The molecule has 2 amide bonds. The van der Waals surface area contributed by atoms with Gasteiger partial charge in [0.25, 0.3) is 0 Å². The Hall–Kier alpha value is -0.820. The minimum atomic E-state index is -0.181. The average Bonchev–Trinajstić information content (AvgIpc) is 2.66. The molecule has 1 fully saturated rings. The van der Waals surface area contributed by atoms with Crippen molar-refractivity contribution in [2.24, 2.45) is 5.92 Å².